The van der Waals surface area contributed by atoms with Crippen molar-refractivity contribution < 1.29 is 9.59 Å². The van der Waals surface area contributed by atoms with E-state index in [1.807, 2.05) is 25.7 Å². The van der Waals surface area contributed by atoms with Gasteiger partial charge in [-0.25, -0.2) is 0 Å². The van der Waals surface area contributed by atoms with Crippen molar-refractivity contribution >= 4 is 17.8 Å². The maximum Gasteiger partial charge on any atom is 0.224 e. The molecule has 0 aliphatic carbocycles. The summed E-state index contributed by atoms with van der Waals surface area (Å²) in [6.07, 6.45) is 2.91. The lowest BCUT2D eigenvalue weighted by Crippen LogP contribution is -2.47. The molecule has 7 nitrogen and oxygen atoms in total. The summed E-state index contributed by atoms with van der Waals surface area (Å²) in [7, 11) is 0. The molecule has 1 aliphatic rings. The van der Waals surface area contributed by atoms with E-state index in [2.05, 4.69) is 15.2 Å². The summed E-state index contributed by atoms with van der Waals surface area (Å²) in [5.41, 5.74) is 5.33. The van der Waals surface area contributed by atoms with Crippen molar-refractivity contribution in [2.24, 2.45) is 16.6 Å². The van der Waals surface area contributed by atoms with Crippen LogP contribution in [0.2, 0.25) is 0 Å². The molecule has 24 heavy (non-hydrogen) atoms. The second kappa shape index (κ2) is 10.9. The molecule has 1 fully saturated rings. The SMILES string of the molecule is CCNC(=NCCC(=O)N(CC)CC)N1CCCC(CC(N)=O)C1. The van der Waals surface area contributed by atoms with E-state index >= 15 is 0 Å². The quantitative estimate of drug-likeness (QED) is 0.505. The fourth-order valence-electron chi connectivity index (χ4n) is 3.13. The molecule has 1 heterocycles. The Hall–Kier alpha value is -1.79. The van der Waals surface area contributed by atoms with Gasteiger partial charge in [-0.3, -0.25) is 14.6 Å². The number of piperidine rings is 1. The van der Waals surface area contributed by atoms with Crippen LogP contribution in [0.5, 0.6) is 0 Å². The topological polar surface area (TPSA) is 91.0 Å². The van der Waals surface area contributed by atoms with E-state index in [9.17, 15) is 9.59 Å². The normalized spacial score (nSPS) is 18.4. The van der Waals surface area contributed by atoms with Crippen LogP contribution in [0.1, 0.15) is 46.5 Å². The van der Waals surface area contributed by atoms with Gasteiger partial charge in [-0.15, -0.1) is 0 Å². The summed E-state index contributed by atoms with van der Waals surface area (Å²) in [6.45, 7) is 10.4. The van der Waals surface area contributed by atoms with Crippen molar-refractivity contribution in [3.8, 4) is 0 Å². The van der Waals surface area contributed by atoms with Crippen LogP contribution < -0.4 is 11.1 Å². The first-order chi connectivity index (χ1) is 11.5. The van der Waals surface area contributed by atoms with Gasteiger partial charge in [0, 0.05) is 45.6 Å². The molecule has 0 saturated carbocycles. The highest BCUT2D eigenvalue weighted by Gasteiger charge is 2.23. The first kappa shape index (κ1) is 20.3. The number of rotatable bonds is 8. The lowest BCUT2D eigenvalue weighted by Gasteiger charge is -2.34. The largest absolute Gasteiger partial charge is 0.370 e. The number of likely N-dealkylation sites (tertiary alicyclic amines) is 1. The van der Waals surface area contributed by atoms with Crippen LogP contribution in [0.15, 0.2) is 4.99 Å². The zero-order chi connectivity index (χ0) is 17.9. The third kappa shape index (κ3) is 6.76. The fraction of sp³-hybridized carbons (Fsp3) is 0.824. The van der Waals surface area contributed by atoms with Gasteiger partial charge in [0.1, 0.15) is 0 Å². The van der Waals surface area contributed by atoms with Gasteiger partial charge in [0.15, 0.2) is 5.96 Å². The lowest BCUT2D eigenvalue weighted by molar-refractivity contribution is -0.130. The van der Waals surface area contributed by atoms with E-state index < -0.39 is 0 Å². The summed E-state index contributed by atoms with van der Waals surface area (Å²) in [5, 5.41) is 3.29. The molecule has 0 radical (unpaired) electrons. The highest BCUT2D eigenvalue weighted by atomic mass is 16.2. The maximum absolute atomic E-state index is 12.1. The smallest absolute Gasteiger partial charge is 0.224 e. The predicted molar refractivity (Wildman–Crippen MR) is 96.6 cm³/mol. The number of nitrogens with zero attached hydrogens (tertiary/aromatic N) is 3. The zero-order valence-electron chi connectivity index (χ0n) is 15.4. The molecule has 1 saturated heterocycles. The Morgan fingerprint density at radius 1 is 1.29 bits per heavy atom. The number of carbonyl (C=O) groups excluding carboxylic acids is 2. The molecule has 2 amide bonds. The number of carbonyl (C=O) groups is 2. The maximum atomic E-state index is 12.1. The average molecular weight is 339 g/mol. The Bertz CT molecular complexity index is 435. The fourth-order valence-corrected chi connectivity index (χ4v) is 3.13. The second-order valence-corrected chi connectivity index (χ2v) is 6.18. The van der Waals surface area contributed by atoms with Gasteiger partial charge in [0.2, 0.25) is 11.8 Å². The third-order valence-corrected chi connectivity index (χ3v) is 4.35. The van der Waals surface area contributed by atoms with Crippen LogP contribution in [0.3, 0.4) is 0 Å². The number of primary amides is 1. The van der Waals surface area contributed by atoms with Crippen LogP contribution in [0, 0.1) is 5.92 Å². The summed E-state index contributed by atoms with van der Waals surface area (Å²) in [4.78, 5) is 31.8. The van der Waals surface area contributed by atoms with E-state index in [-0.39, 0.29) is 17.7 Å². The Balaban J connectivity index is 2.61. The highest BCUT2D eigenvalue weighted by molar-refractivity contribution is 5.81. The van der Waals surface area contributed by atoms with Crippen molar-refractivity contribution in [2.75, 3.05) is 39.3 Å². The molecule has 0 aromatic rings. The number of nitrogens with two attached hydrogens (primary N) is 1. The van der Waals surface area contributed by atoms with E-state index in [1.165, 1.54) is 0 Å². The van der Waals surface area contributed by atoms with Crippen molar-refractivity contribution in [1.29, 1.82) is 0 Å². The van der Waals surface area contributed by atoms with Gasteiger partial charge in [0.25, 0.3) is 0 Å². The Kier molecular flexibility index (Phi) is 9.19. The van der Waals surface area contributed by atoms with Crippen LogP contribution in [-0.2, 0) is 9.59 Å². The zero-order valence-corrected chi connectivity index (χ0v) is 15.4. The summed E-state index contributed by atoms with van der Waals surface area (Å²) in [5.74, 6) is 1.02. The third-order valence-electron chi connectivity index (χ3n) is 4.35. The summed E-state index contributed by atoms with van der Waals surface area (Å²) in [6, 6.07) is 0. The van der Waals surface area contributed by atoms with Gasteiger partial charge in [0.05, 0.1) is 6.54 Å². The van der Waals surface area contributed by atoms with E-state index in [0.717, 1.165) is 51.5 Å². The van der Waals surface area contributed by atoms with Crippen molar-refractivity contribution in [1.82, 2.24) is 15.1 Å². The number of aliphatic imine (C=N–C) groups is 1. The van der Waals surface area contributed by atoms with Gasteiger partial charge in [-0.05, 0) is 39.5 Å². The summed E-state index contributed by atoms with van der Waals surface area (Å²) < 4.78 is 0. The van der Waals surface area contributed by atoms with Crippen LogP contribution in [0.4, 0.5) is 0 Å². The molecule has 138 valence electrons. The van der Waals surface area contributed by atoms with Crippen LogP contribution in [-0.4, -0.2) is 66.8 Å². The average Bonchev–Trinajstić information content (AvgIpc) is 2.55. The van der Waals surface area contributed by atoms with E-state index in [1.54, 1.807) is 0 Å². The van der Waals surface area contributed by atoms with Gasteiger partial charge in [-0.1, -0.05) is 0 Å². The number of nitrogens with one attached hydrogen (secondary N) is 1. The molecular formula is C17H33N5O2. The van der Waals surface area contributed by atoms with Gasteiger partial charge < -0.3 is 20.9 Å². The molecule has 0 bridgehead atoms. The highest BCUT2D eigenvalue weighted by Crippen LogP contribution is 2.19. The Labute approximate surface area is 145 Å². The van der Waals surface area contributed by atoms with Crippen molar-refractivity contribution in [3.05, 3.63) is 0 Å². The van der Waals surface area contributed by atoms with Gasteiger partial charge >= 0.3 is 0 Å². The summed E-state index contributed by atoms with van der Waals surface area (Å²) >= 11 is 0. The number of hydrogen-bond donors (Lipinski definition) is 2. The van der Waals surface area contributed by atoms with E-state index in [4.69, 9.17) is 5.73 Å². The van der Waals surface area contributed by atoms with Crippen LogP contribution in [0.25, 0.3) is 0 Å². The molecule has 1 unspecified atom stereocenters. The molecule has 0 aromatic carbocycles. The minimum atomic E-state index is -0.242. The lowest BCUT2D eigenvalue weighted by atomic mass is 9.95. The predicted octanol–water partition coefficient (Wildman–Crippen LogP) is 0.798. The number of amides is 2. The second-order valence-electron chi connectivity index (χ2n) is 6.18. The first-order valence-corrected chi connectivity index (χ1v) is 9.11. The minimum Gasteiger partial charge on any atom is -0.370 e. The molecule has 3 N–H and O–H groups in total. The Morgan fingerprint density at radius 2 is 2.00 bits per heavy atom. The standard InChI is InChI=1S/C17H33N5O2/c1-4-19-17(20-10-9-16(24)21(5-2)6-3)22-11-7-8-14(13-22)12-15(18)23/h14H,4-13H2,1-3H3,(H2,18,23)(H,19,20). The molecule has 1 aliphatic heterocycles. The molecule has 0 aromatic heterocycles. The Morgan fingerprint density at radius 3 is 2.58 bits per heavy atom. The van der Waals surface area contributed by atoms with Crippen LogP contribution >= 0.6 is 0 Å². The first-order valence-electron chi connectivity index (χ1n) is 9.11. The molecular weight excluding hydrogens is 306 g/mol. The van der Waals surface area contributed by atoms with Crippen molar-refractivity contribution in [2.45, 2.75) is 46.5 Å². The molecule has 1 rings (SSSR count). The number of hydrogen-bond acceptors (Lipinski definition) is 3. The molecule has 1 atom stereocenters. The van der Waals surface area contributed by atoms with Gasteiger partial charge in [-0.2, -0.15) is 0 Å². The molecule has 0 spiro atoms. The molecule has 7 heteroatoms. The van der Waals surface area contributed by atoms with E-state index in [0.29, 0.717) is 19.4 Å². The number of guanidine groups is 1. The monoisotopic (exact) mass is 339 g/mol. The van der Waals surface area contributed by atoms with Crippen molar-refractivity contribution in [3.63, 3.8) is 0 Å². The minimum absolute atomic E-state index is 0.143.